The molecule has 10 heteroatoms. The van der Waals surface area contributed by atoms with Crippen molar-refractivity contribution < 1.29 is 17.9 Å². The van der Waals surface area contributed by atoms with Crippen molar-refractivity contribution in [3.05, 3.63) is 54.1 Å². The van der Waals surface area contributed by atoms with Gasteiger partial charge in [0.05, 0.1) is 29.9 Å². The number of amides is 1. The van der Waals surface area contributed by atoms with E-state index in [-0.39, 0.29) is 23.2 Å². The average Bonchev–Trinajstić information content (AvgIpc) is 3.32. The Hall–Kier alpha value is -2.85. The summed E-state index contributed by atoms with van der Waals surface area (Å²) in [7, 11) is -1.49. The Morgan fingerprint density at radius 2 is 1.85 bits per heavy atom. The second-order valence-corrected chi connectivity index (χ2v) is 11.6. The maximum atomic E-state index is 12.6. The first-order valence-corrected chi connectivity index (χ1v) is 13.3. The fourth-order valence-electron chi connectivity index (χ4n) is 3.83. The van der Waals surface area contributed by atoms with E-state index in [2.05, 4.69) is 15.5 Å². The van der Waals surface area contributed by atoms with Gasteiger partial charge in [0.2, 0.25) is 5.91 Å². The van der Waals surface area contributed by atoms with Gasteiger partial charge in [0.25, 0.3) is 0 Å². The summed E-state index contributed by atoms with van der Waals surface area (Å²) in [4.78, 5) is 12.6. The normalized spacial score (nSPS) is 19.4. The molecule has 1 fully saturated rings. The van der Waals surface area contributed by atoms with Gasteiger partial charge < -0.3 is 10.1 Å². The van der Waals surface area contributed by atoms with E-state index < -0.39 is 15.4 Å². The van der Waals surface area contributed by atoms with Crippen LogP contribution in [-0.4, -0.2) is 59.0 Å². The van der Waals surface area contributed by atoms with Crippen molar-refractivity contribution in [2.24, 2.45) is 0 Å². The smallest absolute Gasteiger partial charge is 0.230 e. The van der Waals surface area contributed by atoms with Crippen LogP contribution in [0, 0.1) is 6.92 Å². The molecule has 1 saturated heterocycles. The summed E-state index contributed by atoms with van der Waals surface area (Å²) in [5.74, 6) is 1.33. The number of aryl methyl sites for hydroxylation is 1. The molecule has 0 aliphatic carbocycles. The van der Waals surface area contributed by atoms with Gasteiger partial charge in [-0.05, 0) is 56.7 Å². The Morgan fingerprint density at radius 1 is 1.15 bits per heavy atom. The lowest BCUT2D eigenvalue weighted by Gasteiger charge is -2.23. The molecule has 1 aliphatic heterocycles. The van der Waals surface area contributed by atoms with Crippen molar-refractivity contribution in [1.29, 1.82) is 0 Å². The molecule has 1 aliphatic rings. The van der Waals surface area contributed by atoms with Crippen molar-refractivity contribution >= 4 is 27.5 Å². The predicted octanol–water partition coefficient (Wildman–Crippen LogP) is 3.04. The Balaban J connectivity index is 1.58. The number of sulfone groups is 1. The monoisotopic (exact) mass is 486 g/mol. The van der Waals surface area contributed by atoms with Crippen LogP contribution in [0.25, 0.3) is 17.1 Å². The molecular weight excluding hydrogens is 460 g/mol. The van der Waals surface area contributed by atoms with Gasteiger partial charge in [0, 0.05) is 11.3 Å². The van der Waals surface area contributed by atoms with Crippen LogP contribution in [-0.2, 0) is 14.6 Å². The number of carbonyl (C=O) groups excluding carboxylic acids is 1. The third-order valence-corrected chi connectivity index (χ3v) is 8.38. The number of nitrogens with zero attached hydrogens (tertiary/aromatic N) is 3. The van der Waals surface area contributed by atoms with Crippen molar-refractivity contribution in [3.8, 4) is 22.8 Å². The quantitative estimate of drug-likeness (QED) is 0.512. The number of carbonyl (C=O) groups is 1. The van der Waals surface area contributed by atoms with Gasteiger partial charge in [-0.15, -0.1) is 10.2 Å². The second kappa shape index (κ2) is 9.18. The van der Waals surface area contributed by atoms with Crippen LogP contribution < -0.4 is 10.1 Å². The van der Waals surface area contributed by atoms with Crippen molar-refractivity contribution in [2.45, 2.75) is 31.0 Å². The minimum absolute atomic E-state index is 0.0302. The number of nitrogens with one attached hydrogen (secondary N) is 1. The van der Waals surface area contributed by atoms with Gasteiger partial charge in [-0.3, -0.25) is 9.36 Å². The van der Waals surface area contributed by atoms with Crippen LogP contribution in [0.2, 0.25) is 0 Å². The molecule has 1 unspecified atom stereocenters. The highest BCUT2D eigenvalue weighted by Crippen LogP contribution is 2.29. The summed E-state index contributed by atoms with van der Waals surface area (Å²) < 4.78 is 30.8. The molecule has 1 aromatic heterocycles. The van der Waals surface area contributed by atoms with Gasteiger partial charge in [0.1, 0.15) is 5.75 Å². The Kier molecular flexibility index (Phi) is 6.49. The van der Waals surface area contributed by atoms with Crippen LogP contribution >= 0.6 is 11.8 Å². The highest BCUT2D eigenvalue weighted by Gasteiger charge is 2.39. The highest BCUT2D eigenvalue weighted by molar-refractivity contribution is 7.99. The van der Waals surface area contributed by atoms with Gasteiger partial charge >= 0.3 is 0 Å². The molecule has 3 aromatic rings. The van der Waals surface area contributed by atoms with Crippen molar-refractivity contribution in [2.75, 3.05) is 24.4 Å². The largest absolute Gasteiger partial charge is 0.497 e. The number of benzene rings is 2. The van der Waals surface area contributed by atoms with E-state index in [1.165, 1.54) is 11.8 Å². The third-order valence-electron chi connectivity index (χ3n) is 5.55. The fraction of sp³-hybridized carbons (Fsp3) is 0.348. The molecule has 0 radical (unpaired) electrons. The standard InChI is InChI=1S/C23H26N4O4S2/c1-16-4-8-18(9-5-16)27-21(17-6-10-19(31-3)11-7-17)25-26-22(27)32-14-20(28)24-23(2)12-13-33(29,30)15-23/h4-11H,12-15H2,1-3H3,(H,24,28). The zero-order valence-electron chi connectivity index (χ0n) is 18.7. The molecule has 2 aromatic carbocycles. The Morgan fingerprint density at radius 3 is 2.45 bits per heavy atom. The summed E-state index contributed by atoms with van der Waals surface area (Å²) >= 11 is 1.26. The van der Waals surface area contributed by atoms with Crippen LogP contribution in [0.3, 0.4) is 0 Å². The molecule has 4 rings (SSSR count). The number of hydrogen-bond donors (Lipinski definition) is 1. The first-order valence-electron chi connectivity index (χ1n) is 10.5. The van der Waals surface area contributed by atoms with E-state index in [4.69, 9.17) is 4.74 Å². The van der Waals surface area contributed by atoms with Crippen LogP contribution in [0.15, 0.2) is 53.7 Å². The van der Waals surface area contributed by atoms with E-state index in [0.717, 1.165) is 22.6 Å². The van der Waals surface area contributed by atoms with E-state index in [1.54, 1.807) is 14.0 Å². The molecule has 1 atom stereocenters. The Bertz CT molecular complexity index is 1250. The van der Waals surface area contributed by atoms with Gasteiger partial charge in [-0.2, -0.15) is 0 Å². The molecule has 0 spiro atoms. The number of aromatic nitrogens is 3. The number of methoxy groups -OCH3 is 1. The van der Waals surface area contributed by atoms with Gasteiger partial charge in [0.15, 0.2) is 20.8 Å². The lowest BCUT2D eigenvalue weighted by molar-refractivity contribution is -0.120. The average molecular weight is 487 g/mol. The molecule has 0 bridgehead atoms. The maximum absolute atomic E-state index is 12.6. The minimum Gasteiger partial charge on any atom is -0.497 e. The maximum Gasteiger partial charge on any atom is 0.230 e. The molecule has 0 saturated carbocycles. The summed E-state index contributed by atoms with van der Waals surface area (Å²) in [6.07, 6.45) is 0.424. The second-order valence-electron chi connectivity index (χ2n) is 8.45. The van der Waals surface area contributed by atoms with Gasteiger partial charge in [-0.1, -0.05) is 29.5 Å². The molecular formula is C23H26N4O4S2. The van der Waals surface area contributed by atoms with E-state index >= 15 is 0 Å². The first-order chi connectivity index (χ1) is 15.7. The topological polar surface area (TPSA) is 103 Å². The molecule has 1 N–H and O–H groups in total. The van der Waals surface area contributed by atoms with E-state index in [0.29, 0.717) is 17.4 Å². The van der Waals surface area contributed by atoms with E-state index in [1.807, 2.05) is 60.0 Å². The minimum atomic E-state index is -3.10. The van der Waals surface area contributed by atoms with Crippen LogP contribution in [0.4, 0.5) is 0 Å². The highest BCUT2D eigenvalue weighted by atomic mass is 32.2. The van der Waals surface area contributed by atoms with Crippen molar-refractivity contribution in [1.82, 2.24) is 20.1 Å². The van der Waals surface area contributed by atoms with Crippen molar-refractivity contribution in [3.63, 3.8) is 0 Å². The number of thioether (sulfide) groups is 1. The number of ether oxygens (including phenoxy) is 1. The zero-order valence-corrected chi connectivity index (χ0v) is 20.4. The lowest BCUT2D eigenvalue weighted by atomic mass is 10.0. The molecule has 174 valence electrons. The fourth-order valence-corrected chi connectivity index (χ4v) is 6.67. The Labute approximate surface area is 197 Å². The summed E-state index contributed by atoms with van der Waals surface area (Å²) in [6.45, 7) is 3.79. The third kappa shape index (κ3) is 5.39. The van der Waals surface area contributed by atoms with Gasteiger partial charge in [-0.25, -0.2) is 8.42 Å². The molecule has 33 heavy (non-hydrogen) atoms. The number of hydrogen-bond acceptors (Lipinski definition) is 7. The van der Waals surface area contributed by atoms with Crippen LogP contribution in [0.5, 0.6) is 5.75 Å². The summed E-state index contributed by atoms with van der Waals surface area (Å²) in [6, 6.07) is 15.5. The SMILES string of the molecule is COc1ccc(-c2nnc(SCC(=O)NC3(C)CCS(=O)(=O)C3)n2-c2ccc(C)cc2)cc1. The molecule has 2 heterocycles. The lowest BCUT2D eigenvalue weighted by Crippen LogP contribution is -2.47. The molecule has 8 nitrogen and oxygen atoms in total. The van der Waals surface area contributed by atoms with E-state index in [9.17, 15) is 13.2 Å². The predicted molar refractivity (Wildman–Crippen MR) is 129 cm³/mol. The van der Waals surface area contributed by atoms with Crippen LogP contribution in [0.1, 0.15) is 18.9 Å². The summed E-state index contributed by atoms with van der Waals surface area (Å²) in [5, 5.41) is 12.2. The summed E-state index contributed by atoms with van der Waals surface area (Å²) in [5.41, 5.74) is 2.15. The first kappa shape index (κ1) is 23.3. The molecule has 1 amide bonds. The zero-order chi connectivity index (χ0) is 23.6. The number of rotatable bonds is 7.